The SMILES string of the molecule is O=C(C[C@@]1(COc2ccc(Cl)cc2)CN(Cc2nccs2)CCO1)N1CCOCC1. The molecular weight excluding hydrogens is 426 g/mol. The lowest BCUT2D eigenvalue weighted by Gasteiger charge is -2.43. The number of hydrogen-bond acceptors (Lipinski definition) is 7. The smallest absolute Gasteiger partial charge is 0.225 e. The minimum atomic E-state index is -0.718. The number of hydrogen-bond donors (Lipinski definition) is 0. The second kappa shape index (κ2) is 10.1. The monoisotopic (exact) mass is 451 g/mol. The molecule has 0 spiro atoms. The van der Waals surface area contributed by atoms with Crippen LogP contribution in [0.3, 0.4) is 0 Å². The number of aromatic nitrogens is 1. The molecule has 1 aromatic carbocycles. The Morgan fingerprint density at radius 3 is 2.73 bits per heavy atom. The van der Waals surface area contributed by atoms with Gasteiger partial charge in [-0.3, -0.25) is 9.69 Å². The molecule has 2 aromatic rings. The van der Waals surface area contributed by atoms with Crippen LogP contribution in [-0.4, -0.2) is 78.9 Å². The molecule has 1 aromatic heterocycles. The maximum atomic E-state index is 13.0. The van der Waals surface area contributed by atoms with E-state index in [0.29, 0.717) is 56.8 Å². The van der Waals surface area contributed by atoms with Crippen LogP contribution in [0.5, 0.6) is 5.75 Å². The van der Waals surface area contributed by atoms with Gasteiger partial charge >= 0.3 is 0 Å². The van der Waals surface area contributed by atoms with Gasteiger partial charge in [-0.05, 0) is 24.3 Å². The van der Waals surface area contributed by atoms with Gasteiger partial charge in [-0.1, -0.05) is 11.6 Å². The zero-order chi connectivity index (χ0) is 20.8. The lowest BCUT2D eigenvalue weighted by Crippen LogP contribution is -2.57. The number of benzene rings is 1. The van der Waals surface area contributed by atoms with Crippen molar-refractivity contribution in [2.24, 2.45) is 0 Å². The van der Waals surface area contributed by atoms with Crippen molar-refractivity contribution in [2.45, 2.75) is 18.6 Å². The Hall–Kier alpha value is -1.71. The van der Waals surface area contributed by atoms with Crippen LogP contribution in [-0.2, 0) is 20.8 Å². The predicted molar refractivity (Wildman–Crippen MR) is 115 cm³/mol. The largest absolute Gasteiger partial charge is 0.491 e. The Labute approximate surface area is 185 Å². The number of rotatable bonds is 7. The molecule has 2 aliphatic heterocycles. The molecule has 1 amide bonds. The highest BCUT2D eigenvalue weighted by atomic mass is 35.5. The maximum absolute atomic E-state index is 13.0. The van der Waals surface area contributed by atoms with Gasteiger partial charge in [-0.25, -0.2) is 4.98 Å². The van der Waals surface area contributed by atoms with E-state index < -0.39 is 5.60 Å². The predicted octanol–water partition coefficient (Wildman–Crippen LogP) is 2.70. The van der Waals surface area contributed by atoms with Crippen molar-refractivity contribution in [3.05, 3.63) is 45.9 Å². The zero-order valence-corrected chi connectivity index (χ0v) is 18.4. The van der Waals surface area contributed by atoms with Crippen LogP contribution in [0.2, 0.25) is 5.02 Å². The van der Waals surface area contributed by atoms with Crippen LogP contribution in [0, 0.1) is 0 Å². The number of carbonyl (C=O) groups excluding carboxylic acids is 1. The number of ether oxygens (including phenoxy) is 3. The van der Waals surface area contributed by atoms with Crippen molar-refractivity contribution in [3.8, 4) is 5.75 Å². The third-order valence-electron chi connectivity index (χ3n) is 5.32. The maximum Gasteiger partial charge on any atom is 0.225 e. The molecule has 9 heteroatoms. The first-order valence-electron chi connectivity index (χ1n) is 10.1. The topological polar surface area (TPSA) is 64.1 Å². The van der Waals surface area contributed by atoms with Crippen molar-refractivity contribution in [2.75, 3.05) is 52.6 Å². The standard InChI is InChI=1S/C21H26ClN3O4S/c22-17-1-3-18(4-2-17)28-16-21(13-20(26)25-7-9-27-10-8-25)15-24(6-11-29-21)14-19-23-5-12-30-19/h1-5,12H,6-11,13-16H2/t21-/m0/s1. The Morgan fingerprint density at radius 2 is 2.00 bits per heavy atom. The highest BCUT2D eigenvalue weighted by Crippen LogP contribution is 2.27. The number of carbonyl (C=O) groups is 1. The fourth-order valence-electron chi connectivity index (χ4n) is 3.77. The Morgan fingerprint density at radius 1 is 1.20 bits per heavy atom. The average Bonchev–Trinajstić information content (AvgIpc) is 3.27. The zero-order valence-electron chi connectivity index (χ0n) is 16.8. The fourth-order valence-corrected chi connectivity index (χ4v) is 4.56. The molecule has 2 saturated heterocycles. The van der Waals surface area contributed by atoms with Crippen molar-refractivity contribution in [3.63, 3.8) is 0 Å². The van der Waals surface area contributed by atoms with E-state index in [1.54, 1.807) is 23.5 Å². The Bertz CT molecular complexity index is 814. The molecule has 0 unspecified atom stereocenters. The number of thiazole rings is 1. The summed E-state index contributed by atoms with van der Waals surface area (Å²) in [5.41, 5.74) is -0.718. The van der Waals surface area contributed by atoms with Crippen molar-refractivity contribution >= 4 is 28.8 Å². The third kappa shape index (κ3) is 5.70. The molecule has 0 radical (unpaired) electrons. The first kappa shape index (κ1) is 21.5. The van der Waals surface area contributed by atoms with E-state index in [0.717, 1.165) is 18.1 Å². The number of morpholine rings is 2. The molecular formula is C21H26ClN3O4S. The van der Waals surface area contributed by atoms with Gasteiger partial charge < -0.3 is 19.1 Å². The van der Waals surface area contributed by atoms with Gasteiger partial charge in [0.25, 0.3) is 0 Å². The molecule has 2 fully saturated rings. The molecule has 0 N–H and O–H groups in total. The first-order chi connectivity index (χ1) is 14.6. The lowest BCUT2D eigenvalue weighted by atomic mass is 9.96. The molecule has 30 heavy (non-hydrogen) atoms. The van der Waals surface area contributed by atoms with Gasteiger partial charge in [0.1, 0.15) is 23.0 Å². The van der Waals surface area contributed by atoms with Crippen molar-refractivity contribution in [1.29, 1.82) is 0 Å². The van der Waals surface area contributed by atoms with Crippen LogP contribution in [0.4, 0.5) is 0 Å². The Kier molecular flexibility index (Phi) is 7.22. The summed E-state index contributed by atoms with van der Waals surface area (Å²) in [5.74, 6) is 0.785. The van der Waals surface area contributed by atoms with Gasteiger partial charge in [-0.15, -0.1) is 11.3 Å². The van der Waals surface area contributed by atoms with Gasteiger partial charge in [0.05, 0.1) is 32.8 Å². The summed E-state index contributed by atoms with van der Waals surface area (Å²) < 4.78 is 17.7. The van der Waals surface area contributed by atoms with Crippen molar-refractivity contribution in [1.82, 2.24) is 14.8 Å². The van der Waals surface area contributed by atoms with Gasteiger partial charge in [0.2, 0.25) is 5.91 Å². The van der Waals surface area contributed by atoms with E-state index in [4.69, 9.17) is 25.8 Å². The van der Waals surface area contributed by atoms with E-state index in [1.807, 2.05) is 28.6 Å². The normalized spacial score (nSPS) is 22.8. The number of nitrogens with zero attached hydrogens (tertiary/aromatic N) is 3. The molecule has 0 aliphatic carbocycles. The second-order valence-corrected chi connectivity index (χ2v) is 9.00. The van der Waals surface area contributed by atoms with Gasteiger partial charge in [0.15, 0.2) is 0 Å². The lowest BCUT2D eigenvalue weighted by molar-refractivity contribution is -0.159. The van der Waals surface area contributed by atoms with E-state index in [-0.39, 0.29) is 12.3 Å². The fraction of sp³-hybridized carbons (Fsp3) is 0.524. The molecule has 3 heterocycles. The highest BCUT2D eigenvalue weighted by Gasteiger charge is 2.41. The van der Waals surface area contributed by atoms with E-state index in [9.17, 15) is 4.79 Å². The van der Waals surface area contributed by atoms with Crippen LogP contribution in [0.15, 0.2) is 35.8 Å². The summed E-state index contributed by atoms with van der Waals surface area (Å²) in [5, 5.41) is 3.70. The van der Waals surface area contributed by atoms with Gasteiger partial charge in [0, 0.05) is 42.8 Å². The first-order valence-corrected chi connectivity index (χ1v) is 11.4. The van der Waals surface area contributed by atoms with Crippen LogP contribution < -0.4 is 4.74 Å². The number of halogens is 1. The molecule has 0 saturated carbocycles. The minimum Gasteiger partial charge on any atom is -0.491 e. The van der Waals surface area contributed by atoms with E-state index in [2.05, 4.69) is 9.88 Å². The summed E-state index contributed by atoms with van der Waals surface area (Å²) in [4.78, 5) is 21.6. The average molecular weight is 452 g/mol. The van der Waals surface area contributed by atoms with Crippen LogP contribution in [0.1, 0.15) is 11.4 Å². The molecule has 7 nitrogen and oxygen atoms in total. The summed E-state index contributed by atoms with van der Waals surface area (Å²) in [6, 6.07) is 7.24. The second-order valence-electron chi connectivity index (χ2n) is 7.58. The summed E-state index contributed by atoms with van der Waals surface area (Å²) in [7, 11) is 0. The van der Waals surface area contributed by atoms with Crippen molar-refractivity contribution < 1.29 is 19.0 Å². The van der Waals surface area contributed by atoms with E-state index in [1.165, 1.54) is 0 Å². The van der Waals surface area contributed by atoms with Crippen LogP contribution in [0.25, 0.3) is 0 Å². The quantitative estimate of drug-likeness (QED) is 0.645. The molecule has 1 atom stereocenters. The minimum absolute atomic E-state index is 0.0779. The molecule has 4 rings (SSSR count). The molecule has 0 bridgehead atoms. The van der Waals surface area contributed by atoms with Crippen LogP contribution >= 0.6 is 22.9 Å². The highest BCUT2D eigenvalue weighted by molar-refractivity contribution is 7.09. The Balaban J connectivity index is 1.47. The summed E-state index contributed by atoms with van der Waals surface area (Å²) >= 11 is 7.62. The summed E-state index contributed by atoms with van der Waals surface area (Å²) in [6.45, 7) is 5.39. The van der Waals surface area contributed by atoms with E-state index >= 15 is 0 Å². The third-order valence-corrected chi connectivity index (χ3v) is 6.34. The van der Waals surface area contributed by atoms with Gasteiger partial charge in [-0.2, -0.15) is 0 Å². The summed E-state index contributed by atoms with van der Waals surface area (Å²) in [6.07, 6.45) is 2.09. The molecule has 2 aliphatic rings. The number of amides is 1. The molecule has 162 valence electrons.